The molecule has 1 heterocycles. The molecule has 2 aromatic rings. The number of amides is 1. The third kappa shape index (κ3) is 6.80. The Balaban J connectivity index is 1.70. The summed E-state index contributed by atoms with van der Waals surface area (Å²) < 4.78 is 50.1. The first kappa shape index (κ1) is 28.9. The molecule has 1 unspecified atom stereocenters. The first-order valence-electron chi connectivity index (χ1n) is 10.6. The Morgan fingerprint density at radius 3 is 2.46 bits per heavy atom. The van der Waals surface area contributed by atoms with Gasteiger partial charge in [-0.3, -0.25) is 14.4 Å². The minimum Gasteiger partial charge on any atom is -0.480 e. The average molecular weight is 591 g/mol. The Labute approximate surface area is 222 Å². The van der Waals surface area contributed by atoms with E-state index < -0.39 is 49.3 Å². The lowest BCUT2D eigenvalue weighted by Gasteiger charge is -2.26. The van der Waals surface area contributed by atoms with Crippen LogP contribution in [0.15, 0.2) is 52.3 Å². The predicted octanol–water partition coefficient (Wildman–Crippen LogP) is 1.44. The number of fused-ring (bicyclic) bond motifs is 1. The maximum absolute atomic E-state index is 13.0. The van der Waals surface area contributed by atoms with Gasteiger partial charge in [0.1, 0.15) is 16.3 Å². The summed E-state index contributed by atoms with van der Waals surface area (Å²) in [5.41, 5.74) is 3.03. The molecule has 0 saturated heterocycles. The molecule has 0 bridgehead atoms. The number of hydrogen-bond acceptors (Lipinski definition) is 9. The number of carboxylic acid groups (broad SMARTS) is 1. The first-order valence-corrected chi connectivity index (χ1v) is 15.0. The summed E-state index contributed by atoms with van der Waals surface area (Å²) in [6.45, 7) is 0.187. The van der Waals surface area contributed by atoms with E-state index in [0.29, 0.717) is 5.56 Å². The number of aliphatic carboxylic acids is 1. The Morgan fingerprint density at radius 2 is 1.86 bits per heavy atom. The number of nitrogens with two attached hydrogens (primary N) is 1. The van der Waals surface area contributed by atoms with Crippen molar-refractivity contribution >= 4 is 66.1 Å². The number of sulfonamides is 2. The number of nitrogens with zero attached hydrogens (tertiary/aromatic N) is 2. The highest BCUT2D eigenvalue weighted by Crippen LogP contribution is 2.37. The van der Waals surface area contributed by atoms with Gasteiger partial charge in [-0.1, -0.05) is 60.6 Å². The number of benzene rings is 2. The molecule has 1 atom stereocenters. The number of primary sulfonamides is 1. The molecule has 12 nitrogen and oxygen atoms in total. The van der Waals surface area contributed by atoms with E-state index in [1.807, 2.05) is 0 Å². The Bertz CT molecular complexity index is 1440. The van der Waals surface area contributed by atoms with E-state index in [2.05, 4.69) is 5.43 Å². The highest BCUT2D eigenvalue weighted by Gasteiger charge is 2.37. The van der Waals surface area contributed by atoms with Gasteiger partial charge in [0.15, 0.2) is 0 Å². The van der Waals surface area contributed by atoms with Gasteiger partial charge in [0.2, 0.25) is 21.0 Å². The van der Waals surface area contributed by atoms with Crippen LogP contribution in [0.1, 0.15) is 17.3 Å². The molecule has 2 aromatic carbocycles. The number of hydrogen-bond donors (Lipinski definition) is 3. The number of carbonyl (C=O) groups is 3. The van der Waals surface area contributed by atoms with Crippen LogP contribution in [-0.2, 0) is 29.6 Å². The van der Waals surface area contributed by atoms with Gasteiger partial charge in [-0.2, -0.15) is 0 Å². The molecule has 1 amide bonds. The van der Waals surface area contributed by atoms with E-state index in [1.165, 1.54) is 0 Å². The van der Waals surface area contributed by atoms with Crippen molar-refractivity contribution < 1.29 is 36.3 Å². The van der Waals surface area contributed by atoms with Crippen LogP contribution in [0.2, 0.25) is 5.02 Å². The van der Waals surface area contributed by atoms with Crippen molar-refractivity contribution in [3.05, 3.63) is 53.1 Å². The zero-order chi connectivity index (χ0) is 27.5. The summed E-state index contributed by atoms with van der Waals surface area (Å²) in [5.74, 6) is -2.54. The Morgan fingerprint density at radius 1 is 1.22 bits per heavy atom. The van der Waals surface area contributed by atoms with E-state index in [4.69, 9.17) is 16.7 Å². The quantitative estimate of drug-likeness (QED) is 0.366. The first-order chi connectivity index (χ1) is 17.2. The number of rotatable bonds is 10. The van der Waals surface area contributed by atoms with Crippen molar-refractivity contribution in [1.82, 2.24) is 9.31 Å². The topological polar surface area (TPSA) is 184 Å². The molecule has 1 aliphatic rings. The molecule has 16 heteroatoms. The summed E-state index contributed by atoms with van der Waals surface area (Å²) in [7, 11) is -8.56. The number of hydrazine groups is 1. The van der Waals surface area contributed by atoms with E-state index in [0.717, 1.165) is 33.2 Å². The SMILES string of the molecule is CC(CSC(=O)c1ccccc1)C(=O)N(CCN1Nc2cc(Cl)c(S(N)(=O)=O)cc2S1(=O)=O)CC(=O)O. The Hall–Kier alpha value is -2.69. The fraction of sp³-hybridized carbons (Fsp3) is 0.286. The molecule has 0 fully saturated rings. The van der Waals surface area contributed by atoms with Crippen LogP contribution in [0, 0.1) is 5.92 Å². The van der Waals surface area contributed by atoms with Crippen molar-refractivity contribution in [3.63, 3.8) is 0 Å². The minimum absolute atomic E-state index is 0.00213. The predicted molar refractivity (Wildman–Crippen MR) is 137 cm³/mol. The van der Waals surface area contributed by atoms with Crippen molar-refractivity contribution in [2.24, 2.45) is 11.1 Å². The normalized spacial score (nSPS) is 15.4. The van der Waals surface area contributed by atoms with Gasteiger partial charge >= 0.3 is 5.97 Å². The van der Waals surface area contributed by atoms with Gasteiger partial charge in [0.25, 0.3) is 10.0 Å². The lowest BCUT2D eigenvalue weighted by Crippen LogP contribution is -2.45. The van der Waals surface area contributed by atoms with E-state index >= 15 is 0 Å². The van der Waals surface area contributed by atoms with Crippen LogP contribution in [-0.4, -0.2) is 73.6 Å². The van der Waals surface area contributed by atoms with Gasteiger partial charge < -0.3 is 15.4 Å². The second kappa shape index (κ2) is 11.4. The molecule has 0 saturated carbocycles. The number of thioether (sulfide) groups is 1. The van der Waals surface area contributed by atoms with E-state index in [1.54, 1.807) is 37.3 Å². The van der Waals surface area contributed by atoms with Crippen molar-refractivity contribution in [3.8, 4) is 0 Å². The smallest absolute Gasteiger partial charge is 0.323 e. The molecule has 3 rings (SSSR count). The lowest BCUT2D eigenvalue weighted by atomic mass is 10.2. The molecule has 0 spiro atoms. The molecule has 0 radical (unpaired) electrons. The van der Waals surface area contributed by atoms with Crippen LogP contribution in [0.5, 0.6) is 0 Å². The number of nitrogens with one attached hydrogen (secondary N) is 1. The Kier molecular flexibility index (Phi) is 8.87. The van der Waals surface area contributed by atoms with Crippen molar-refractivity contribution in [2.45, 2.75) is 16.7 Å². The number of anilines is 1. The summed E-state index contributed by atoms with van der Waals surface area (Å²) in [6.07, 6.45) is 0. The standard InChI is InChI=1S/C21H23ClN4O8S3/c1-13(12-35-21(30)14-5-3-2-4-6-14)20(29)25(11-19(27)28)7-8-26-24-16-9-15(22)17(36(23,31)32)10-18(16)37(26,33)34/h2-6,9-10,13,24H,7-8,11-12H2,1H3,(H,27,28)(H2,23,31,32). The molecule has 0 aliphatic carbocycles. The summed E-state index contributed by atoms with van der Waals surface area (Å²) >= 11 is 6.85. The molecule has 0 aromatic heterocycles. The highest BCUT2D eigenvalue weighted by molar-refractivity contribution is 8.14. The van der Waals surface area contributed by atoms with Crippen molar-refractivity contribution in [1.29, 1.82) is 0 Å². The van der Waals surface area contributed by atoms with Crippen LogP contribution < -0.4 is 10.6 Å². The van der Waals surface area contributed by atoms with Gasteiger partial charge in [-0.25, -0.2) is 22.0 Å². The zero-order valence-corrected chi connectivity index (χ0v) is 22.5. The minimum atomic E-state index is -4.30. The fourth-order valence-corrected chi connectivity index (χ4v) is 6.87. The molecule has 37 heavy (non-hydrogen) atoms. The van der Waals surface area contributed by atoms with Gasteiger partial charge in [-0.15, -0.1) is 4.41 Å². The number of halogens is 1. The van der Waals surface area contributed by atoms with Crippen LogP contribution in [0.3, 0.4) is 0 Å². The van der Waals surface area contributed by atoms with Crippen LogP contribution in [0.25, 0.3) is 0 Å². The highest BCUT2D eigenvalue weighted by atomic mass is 35.5. The monoisotopic (exact) mass is 590 g/mol. The summed E-state index contributed by atoms with van der Waals surface area (Å²) in [6, 6.07) is 10.4. The second-order valence-electron chi connectivity index (χ2n) is 8.03. The number of carboxylic acids is 1. The average Bonchev–Trinajstić information content (AvgIpc) is 3.07. The van der Waals surface area contributed by atoms with E-state index in [9.17, 15) is 36.3 Å². The van der Waals surface area contributed by atoms with Crippen LogP contribution in [0.4, 0.5) is 5.69 Å². The summed E-state index contributed by atoms with van der Waals surface area (Å²) in [5, 5.41) is 13.8. The number of carbonyl (C=O) groups excluding carboxylic acids is 2. The maximum atomic E-state index is 13.0. The maximum Gasteiger partial charge on any atom is 0.323 e. The van der Waals surface area contributed by atoms with Gasteiger partial charge in [0, 0.05) is 23.8 Å². The zero-order valence-electron chi connectivity index (χ0n) is 19.3. The molecular formula is C21H23ClN4O8S3. The van der Waals surface area contributed by atoms with Gasteiger partial charge in [-0.05, 0) is 12.1 Å². The van der Waals surface area contributed by atoms with Crippen LogP contribution >= 0.6 is 23.4 Å². The third-order valence-corrected chi connectivity index (χ3v) is 9.55. The van der Waals surface area contributed by atoms with Gasteiger partial charge in [0.05, 0.1) is 17.3 Å². The van der Waals surface area contributed by atoms with Crippen molar-refractivity contribution in [2.75, 3.05) is 30.8 Å². The fourth-order valence-electron chi connectivity index (χ4n) is 3.43. The molecule has 1 aliphatic heterocycles. The summed E-state index contributed by atoms with van der Waals surface area (Å²) in [4.78, 5) is 36.7. The molecule has 4 N–H and O–H groups in total. The van der Waals surface area contributed by atoms with E-state index in [-0.39, 0.29) is 39.6 Å². The third-order valence-electron chi connectivity index (χ3n) is 5.26. The largest absolute Gasteiger partial charge is 0.480 e. The molecule has 200 valence electrons. The second-order valence-corrected chi connectivity index (χ2v) is 12.8. The lowest BCUT2D eigenvalue weighted by molar-refractivity contribution is -0.145. The molecular weight excluding hydrogens is 568 g/mol.